The summed E-state index contributed by atoms with van der Waals surface area (Å²) < 4.78 is 7.49. The van der Waals surface area contributed by atoms with E-state index in [9.17, 15) is 5.11 Å². The minimum Gasteiger partial charge on any atom is -0.494 e. The van der Waals surface area contributed by atoms with Crippen molar-refractivity contribution in [3.63, 3.8) is 0 Å². The fourth-order valence-corrected chi connectivity index (χ4v) is 2.22. The van der Waals surface area contributed by atoms with E-state index in [-0.39, 0.29) is 0 Å². The van der Waals surface area contributed by atoms with E-state index in [1.165, 1.54) is 0 Å². The Labute approximate surface area is 120 Å². The van der Waals surface area contributed by atoms with Gasteiger partial charge in [0.1, 0.15) is 11.6 Å². The van der Waals surface area contributed by atoms with Gasteiger partial charge in [0.05, 0.1) is 12.7 Å². The molecule has 0 saturated heterocycles. The maximum Gasteiger partial charge on any atom is 0.119 e. The Kier molecular flexibility index (Phi) is 5.18. The lowest BCUT2D eigenvalue weighted by Gasteiger charge is -2.13. The smallest absolute Gasteiger partial charge is 0.119 e. The van der Waals surface area contributed by atoms with Gasteiger partial charge in [0, 0.05) is 25.4 Å². The average Bonchev–Trinajstić information content (AvgIpc) is 2.88. The van der Waals surface area contributed by atoms with Crippen LogP contribution in [0.5, 0.6) is 5.75 Å². The maximum absolute atomic E-state index is 10.3. The maximum atomic E-state index is 10.3. The Morgan fingerprint density at radius 3 is 2.65 bits per heavy atom. The highest BCUT2D eigenvalue weighted by Gasteiger charge is 2.12. The number of benzene rings is 1. The third-order valence-corrected chi connectivity index (χ3v) is 3.22. The van der Waals surface area contributed by atoms with Crippen LogP contribution in [0.4, 0.5) is 0 Å². The van der Waals surface area contributed by atoms with Gasteiger partial charge in [0.25, 0.3) is 0 Å². The summed E-state index contributed by atoms with van der Waals surface area (Å²) in [5.74, 6) is 1.75. The second-order valence-electron chi connectivity index (χ2n) is 4.76. The van der Waals surface area contributed by atoms with Gasteiger partial charge in [0.2, 0.25) is 0 Å². The first kappa shape index (κ1) is 14.6. The van der Waals surface area contributed by atoms with Crippen LogP contribution in [0, 0.1) is 0 Å². The number of nitrogens with zero attached hydrogens (tertiary/aromatic N) is 2. The minimum atomic E-state index is -0.538. The topological polar surface area (TPSA) is 47.3 Å². The molecule has 2 aromatic rings. The molecule has 0 amide bonds. The van der Waals surface area contributed by atoms with Crippen LogP contribution in [-0.4, -0.2) is 21.3 Å². The Morgan fingerprint density at radius 2 is 2.00 bits per heavy atom. The molecule has 1 aromatic heterocycles. The normalized spacial score (nSPS) is 12.3. The van der Waals surface area contributed by atoms with Gasteiger partial charge in [-0.2, -0.15) is 0 Å². The van der Waals surface area contributed by atoms with E-state index in [1.807, 2.05) is 37.4 Å². The summed E-state index contributed by atoms with van der Waals surface area (Å²) in [6.45, 7) is 5.67. The summed E-state index contributed by atoms with van der Waals surface area (Å²) in [5.41, 5.74) is 0.888. The van der Waals surface area contributed by atoms with Gasteiger partial charge in [-0.3, -0.25) is 0 Å². The molecule has 0 aliphatic heterocycles. The number of aliphatic hydroxyl groups is 1. The molecule has 0 fully saturated rings. The van der Waals surface area contributed by atoms with Gasteiger partial charge in [-0.05, 0) is 31.0 Å². The Hall–Kier alpha value is -1.81. The number of hydrogen-bond donors (Lipinski definition) is 1. The molecule has 0 radical (unpaired) electrons. The number of ether oxygens (including phenoxy) is 1. The summed E-state index contributed by atoms with van der Waals surface area (Å²) >= 11 is 0. The molecule has 108 valence electrons. The van der Waals surface area contributed by atoms with Crippen LogP contribution in [0.1, 0.15) is 37.8 Å². The first-order chi connectivity index (χ1) is 9.74. The molecular weight excluding hydrogens is 252 g/mol. The third kappa shape index (κ3) is 3.61. The zero-order valence-electron chi connectivity index (χ0n) is 12.1. The molecule has 1 N–H and O–H groups in total. The zero-order chi connectivity index (χ0) is 14.4. The van der Waals surface area contributed by atoms with Crippen molar-refractivity contribution in [2.75, 3.05) is 6.61 Å². The lowest BCUT2D eigenvalue weighted by Crippen LogP contribution is -2.09. The minimum absolute atomic E-state index is 0.529. The Bertz CT molecular complexity index is 520. The second kappa shape index (κ2) is 7.10. The highest BCUT2D eigenvalue weighted by Crippen LogP contribution is 2.21. The van der Waals surface area contributed by atoms with Crippen LogP contribution in [0.2, 0.25) is 0 Å². The average molecular weight is 274 g/mol. The number of imidazole rings is 1. The highest BCUT2D eigenvalue weighted by atomic mass is 16.5. The second-order valence-corrected chi connectivity index (χ2v) is 4.76. The van der Waals surface area contributed by atoms with Crippen LogP contribution in [0.25, 0.3) is 0 Å². The largest absolute Gasteiger partial charge is 0.494 e. The van der Waals surface area contributed by atoms with E-state index in [2.05, 4.69) is 16.5 Å². The van der Waals surface area contributed by atoms with Gasteiger partial charge in [0.15, 0.2) is 0 Å². The van der Waals surface area contributed by atoms with E-state index >= 15 is 0 Å². The molecule has 1 heterocycles. The molecule has 0 bridgehead atoms. The van der Waals surface area contributed by atoms with Gasteiger partial charge in [-0.25, -0.2) is 4.98 Å². The quantitative estimate of drug-likeness (QED) is 0.844. The van der Waals surface area contributed by atoms with Crippen molar-refractivity contribution in [1.29, 1.82) is 0 Å². The van der Waals surface area contributed by atoms with E-state index in [0.29, 0.717) is 13.0 Å². The van der Waals surface area contributed by atoms with Crippen LogP contribution >= 0.6 is 0 Å². The molecule has 0 aliphatic rings. The molecule has 2 rings (SSSR count). The molecule has 0 aliphatic carbocycles. The summed E-state index contributed by atoms with van der Waals surface area (Å²) in [6, 6.07) is 7.59. The zero-order valence-corrected chi connectivity index (χ0v) is 12.1. The van der Waals surface area contributed by atoms with Gasteiger partial charge in [-0.15, -0.1) is 0 Å². The van der Waals surface area contributed by atoms with E-state index < -0.39 is 6.10 Å². The van der Waals surface area contributed by atoms with Crippen molar-refractivity contribution in [3.8, 4) is 5.75 Å². The van der Waals surface area contributed by atoms with Crippen molar-refractivity contribution < 1.29 is 9.84 Å². The lowest BCUT2D eigenvalue weighted by atomic mass is 10.1. The lowest BCUT2D eigenvalue weighted by molar-refractivity contribution is 0.174. The Morgan fingerprint density at radius 1 is 1.25 bits per heavy atom. The molecule has 0 spiro atoms. The predicted octanol–water partition coefficient (Wildman–Crippen LogP) is 2.97. The SMILES string of the molecule is CCCn1ccnc1CC(O)c1ccc(OCC)cc1. The van der Waals surface area contributed by atoms with E-state index in [1.54, 1.807) is 6.20 Å². The van der Waals surface area contributed by atoms with Gasteiger partial charge < -0.3 is 14.4 Å². The summed E-state index contributed by atoms with van der Waals surface area (Å²) in [7, 11) is 0. The molecule has 1 atom stereocenters. The highest BCUT2D eigenvalue weighted by molar-refractivity contribution is 5.28. The van der Waals surface area contributed by atoms with Crippen molar-refractivity contribution in [1.82, 2.24) is 9.55 Å². The van der Waals surface area contributed by atoms with Gasteiger partial charge >= 0.3 is 0 Å². The summed E-state index contributed by atoms with van der Waals surface area (Å²) in [5, 5.41) is 10.3. The third-order valence-electron chi connectivity index (χ3n) is 3.22. The molecule has 4 nitrogen and oxygen atoms in total. The molecule has 20 heavy (non-hydrogen) atoms. The Balaban J connectivity index is 2.03. The van der Waals surface area contributed by atoms with E-state index in [0.717, 1.165) is 30.1 Å². The predicted molar refractivity (Wildman–Crippen MR) is 78.8 cm³/mol. The molecule has 1 aromatic carbocycles. The number of rotatable bonds is 7. The fraction of sp³-hybridized carbons (Fsp3) is 0.438. The van der Waals surface area contributed by atoms with Crippen molar-refractivity contribution in [3.05, 3.63) is 48.0 Å². The first-order valence-electron chi connectivity index (χ1n) is 7.15. The number of hydrogen-bond acceptors (Lipinski definition) is 3. The number of aryl methyl sites for hydroxylation is 1. The molecular formula is C16H22N2O2. The van der Waals surface area contributed by atoms with Crippen LogP contribution in [0.15, 0.2) is 36.7 Å². The van der Waals surface area contributed by atoms with Crippen molar-refractivity contribution in [2.45, 2.75) is 39.3 Å². The monoisotopic (exact) mass is 274 g/mol. The van der Waals surface area contributed by atoms with Crippen molar-refractivity contribution >= 4 is 0 Å². The first-order valence-corrected chi connectivity index (χ1v) is 7.15. The van der Waals surface area contributed by atoms with Crippen LogP contribution in [-0.2, 0) is 13.0 Å². The van der Waals surface area contributed by atoms with Crippen molar-refractivity contribution in [2.24, 2.45) is 0 Å². The molecule has 1 unspecified atom stereocenters. The van der Waals surface area contributed by atoms with E-state index in [4.69, 9.17) is 4.74 Å². The molecule has 0 saturated carbocycles. The molecule has 4 heteroatoms. The number of aromatic nitrogens is 2. The summed E-state index contributed by atoms with van der Waals surface area (Å²) in [6.07, 6.45) is 4.80. The standard InChI is InChI=1S/C16H22N2O2/c1-3-10-18-11-9-17-16(18)12-15(19)13-5-7-14(8-6-13)20-4-2/h5-9,11,15,19H,3-4,10,12H2,1-2H3. The summed E-state index contributed by atoms with van der Waals surface area (Å²) in [4.78, 5) is 4.33. The van der Waals surface area contributed by atoms with Gasteiger partial charge in [-0.1, -0.05) is 19.1 Å². The number of aliphatic hydroxyl groups excluding tert-OH is 1. The van der Waals surface area contributed by atoms with Crippen LogP contribution in [0.3, 0.4) is 0 Å². The fourth-order valence-electron chi connectivity index (χ4n) is 2.22. The van der Waals surface area contributed by atoms with Crippen LogP contribution < -0.4 is 4.74 Å².